The van der Waals surface area contributed by atoms with Gasteiger partial charge in [-0.1, -0.05) is 15.9 Å². The summed E-state index contributed by atoms with van der Waals surface area (Å²) in [5.41, 5.74) is 2.38. The third-order valence-corrected chi connectivity index (χ3v) is 5.17. The van der Waals surface area contributed by atoms with Crippen LogP contribution in [0, 0.1) is 0 Å². The van der Waals surface area contributed by atoms with Crippen molar-refractivity contribution >= 4 is 38.5 Å². The van der Waals surface area contributed by atoms with E-state index in [0.717, 1.165) is 34.1 Å². The van der Waals surface area contributed by atoms with Gasteiger partial charge in [-0.05, 0) is 54.0 Å². The standard InChI is InChI=1S/C20H17BrN2O4/c1-26-16-8-11(9-17(27-2)18(16)24)7-12-5-6-23-15-4-3-13(21)10-14(15)20(25)22-19(12)23/h3-4,7-10,24H,5-6H2,1-2H3/b12-7+. The molecule has 0 radical (unpaired) electrons. The zero-order valence-electron chi connectivity index (χ0n) is 14.8. The predicted molar refractivity (Wildman–Crippen MR) is 107 cm³/mol. The highest BCUT2D eigenvalue weighted by molar-refractivity contribution is 9.10. The Bertz CT molecular complexity index is 1130. The summed E-state index contributed by atoms with van der Waals surface area (Å²) in [5.74, 6) is 1.28. The van der Waals surface area contributed by atoms with Gasteiger partial charge in [0.15, 0.2) is 11.5 Å². The lowest BCUT2D eigenvalue weighted by Gasteiger charge is -2.10. The van der Waals surface area contributed by atoms with E-state index in [9.17, 15) is 9.90 Å². The average molecular weight is 429 g/mol. The summed E-state index contributed by atoms with van der Waals surface area (Å²) >= 11 is 3.40. The van der Waals surface area contributed by atoms with E-state index in [1.807, 2.05) is 18.2 Å². The summed E-state index contributed by atoms with van der Waals surface area (Å²) in [7, 11) is 2.98. The number of methoxy groups -OCH3 is 2. The molecular formula is C20H17BrN2O4. The van der Waals surface area contributed by atoms with Crippen molar-refractivity contribution in [2.45, 2.75) is 13.0 Å². The zero-order chi connectivity index (χ0) is 19.1. The first-order valence-electron chi connectivity index (χ1n) is 8.38. The van der Waals surface area contributed by atoms with E-state index >= 15 is 0 Å². The largest absolute Gasteiger partial charge is 0.502 e. The highest BCUT2D eigenvalue weighted by Crippen LogP contribution is 2.39. The van der Waals surface area contributed by atoms with E-state index in [-0.39, 0.29) is 11.3 Å². The average Bonchev–Trinajstić information content (AvgIpc) is 3.05. The van der Waals surface area contributed by atoms with Gasteiger partial charge < -0.3 is 19.1 Å². The van der Waals surface area contributed by atoms with Crippen molar-refractivity contribution in [2.24, 2.45) is 0 Å². The molecule has 0 unspecified atom stereocenters. The molecule has 1 N–H and O–H groups in total. The molecule has 138 valence electrons. The quantitative estimate of drug-likeness (QED) is 0.685. The molecule has 1 aliphatic rings. The van der Waals surface area contributed by atoms with E-state index in [4.69, 9.17) is 9.47 Å². The van der Waals surface area contributed by atoms with Gasteiger partial charge in [0.25, 0.3) is 5.56 Å². The molecule has 6 nitrogen and oxygen atoms in total. The molecule has 0 saturated carbocycles. The molecule has 0 fully saturated rings. The molecule has 1 aliphatic heterocycles. The van der Waals surface area contributed by atoms with Crippen LogP contribution in [0.4, 0.5) is 0 Å². The molecule has 0 bridgehead atoms. The lowest BCUT2D eigenvalue weighted by Crippen LogP contribution is -2.14. The molecule has 3 aromatic rings. The molecular weight excluding hydrogens is 412 g/mol. The molecule has 0 saturated heterocycles. The van der Waals surface area contributed by atoms with Crippen LogP contribution in [0.2, 0.25) is 0 Å². The Morgan fingerprint density at radius 3 is 2.56 bits per heavy atom. The molecule has 4 rings (SSSR count). The highest BCUT2D eigenvalue weighted by atomic mass is 79.9. The second-order valence-corrected chi connectivity index (χ2v) is 7.16. The molecule has 0 aliphatic carbocycles. The van der Waals surface area contributed by atoms with Gasteiger partial charge in [0.05, 0.1) is 25.1 Å². The van der Waals surface area contributed by atoms with Crippen molar-refractivity contribution in [3.63, 3.8) is 0 Å². The van der Waals surface area contributed by atoms with E-state index in [1.54, 1.807) is 18.2 Å². The van der Waals surface area contributed by atoms with Crippen LogP contribution in [0.1, 0.15) is 17.8 Å². The molecule has 1 aromatic heterocycles. The van der Waals surface area contributed by atoms with Gasteiger partial charge in [-0.3, -0.25) is 4.79 Å². The summed E-state index contributed by atoms with van der Waals surface area (Å²) in [6, 6.07) is 9.11. The van der Waals surface area contributed by atoms with Crippen molar-refractivity contribution in [1.29, 1.82) is 0 Å². The Morgan fingerprint density at radius 2 is 1.89 bits per heavy atom. The number of ether oxygens (including phenoxy) is 2. The molecule has 7 heteroatoms. The van der Waals surface area contributed by atoms with Crippen LogP contribution in [0.25, 0.3) is 22.6 Å². The maximum Gasteiger partial charge on any atom is 0.281 e. The van der Waals surface area contributed by atoms with Gasteiger partial charge in [-0.15, -0.1) is 0 Å². The molecule has 2 aromatic carbocycles. The summed E-state index contributed by atoms with van der Waals surface area (Å²) in [6.07, 6.45) is 2.70. The van der Waals surface area contributed by atoms with Crippen molar-refractivity contribution < 1.29 is 14.6 Å². The van der Waals surface area contributed by atoms with Crippen LogP contribution in [0.3, 0.4) is 0 Å². The molecule has 0 spiro atoms. The molecule has 2 heterocycles. The minimum atomic E-state index is -0.244. The lowest BCUT2D eigenvalue weighted by atomic mass is 10.1. The Labute approximate surface area is 163 Å². The van der Waals surface area contributed by atoms with Crippen LogP contribution in [0.15, 0.2) is 39.6 Å². The molecule has 0 amide bonds. The summed E-state index contributed by atoms with van der Waals surface area (Å²) in [6.45, 7) is 0.749. The van der Waals surface area contributed by atoms with Crippen molar-refractivity contribution in [1.82, 2.24) is 9.55 Å². The van der Waals surface area contributed by atoms with E-state index in [2.05, 4.69) is 25.5 Å². The topological polar surface area (TPSA) is 73.6 Å². The molecule has 27 heavy (non-hydrogen) atoms. The number of aryl methyl sites for hydroxylation is 1. The third-order valence-electron chi connectivity index (χ3n) is 4.68. The first-order chi connectivity index (χ1) is 13.0. The summed E-state index contributed by atoms with van der Waals surface area (Å²) in [4.78, 5) is 16.8. The predicted octanol–water partition coefficient (Wildman–Crippen LogP) is 3.83. The van der Waals surface area contributed by atoms with Gasteiger partial charge in [0.1, 0.15) is 5.82 Å². The number of allylic oxidation sites excluding steroid dienone is 1. The maximum atomic E-state index is 12.5. The van der Waals surface area contributed by atoms with Gasteiger partial charge in [0, 0.05) is 11.0 Å². The van der Waals surface area contributed by atoms with Gasteiger partial charge in [0.2, 0.25) is 5.75 Å². The number of rotatable bonds is 3. The first kappa shape index (κ1) is 17.6. The first-order valence-corrected chi connectivity index (χ1v) is 9.17. The number of hydrogen-bond acceptors (Lipinski definition) is 5. The lowest BCUT2D eigenvalue weighted by molar-refractivity contribution is 0.340. The van der Waals surface area contributed by atoms with E-state index in [1.165, 1.54) is 14.2 Å². The van der Waals surface area contributed by atoms with Crippen LogP contribution < -0.4 is 15.0 Å². The smallest absolute Gasteiger partial charge is 0.281 e. The normalized spacial score (nSPS) is 14.6. The number of aromatic nitrogens is 2. The minimum absolute atomic E-state index is 0.0418. The second kappa shape index (κ2) is 6.74. The van der Waals surface area contributed by atoms with Crippen LogP contribution >= 0.6 is 15.9 Å². The fourth-order valence-corrected chi connectivity index (χ4v) is 3.76. The van der Waals surface area contributed by atoms with Crippen molar-refractivity contribution in [3.8, 4) is 17.2 Å². The Hall–Kier alpha value is -2.80. The Balaban J connectivity index is 1.87. The molecule has 0 atom stereocenters. The van der Waals surface area contributed by atoms with Crippen molar-refractivity contribution in [2.75, 3.05) is 14.2 Å². The number of phenolic OH excluding ortho intramolecular Hbond substituents is 1. The van der Waals surface area contributed by atoms with Crippen LogP contribution in [-0.2, 0) is 6.54 Å². The number of phenols is 1. The number of fused-ring (bicyclic) bond motifs is 3. The van der Waals surface area contributed by atoms with E-state index < -0.39 is 0 Å². The summed E-state index contributed by atoms with van der Waals surface area (Å²) in [5, 5.41) is 10.7. The number of hydrogen-bond donors (Lipinski definition) is 1. The van der Waals surface area contributed by atoms with Crippen molar-refractivity contribution in [3.05, 3.63) is 56.5 Å². The third kappa shape index (κ3) is 2.98. The highest BCUT2D eigenvalue weighted by Gasteiger charge is 2.21. The van der Waals surface area contributed by atoms with Gasteiger partial charge in [-0.25, -0.2) is 0 Å². The SMILES string of the molecule is COc1cc(/C=C2\CCn3c2nc(=O)c2cc(Br)ccc23)cc(OC)c1O. The number of aromatic hydroxyl groups is 1. The monoisotopic (exact) mass is 428 g/mol. The number of benzene rings is 2. The minimum Gasteiger partial charge on any atom is -0.502 e. The second-order valence-electron chi connectivity index (χ2n) is 6.25. The fourth-order valence-electron chi connectivity index (χ4n) is 3.40. The fraction of sp³-hybridized carbons (Fsp3) is 0.200. The number of halogens is 1. The van der Waals surface area contributed by atoms with Gasteiger partial charge >= 0.3 is 0 Å². The Morgan fingerprint density at radius 1 is 1.19 bits per heavy atom. The Kier molecular flexibility index (Phi) is 4.39. The van der Waals surface area contributed by atoms with Crippen LogP contribution in [0.5, 0.6) is 17.2 Å². The van der Waals surface area contributed by atoms with Gasteiger partial charge in [-0.2, -0.15) is 4.98 Å². The zero-order valence-corrected chi connectivity index (χ0v) is 16.4. The van der Waals surface area contributed by atoms with Crippen LogP contribution in [-0.4, -0.2) is 28.9 Å². The number of nitrogens with zero attached hydrogens (tertiary/aromatic N) is 2. The maximum absolute atomic E-state index is 12.5. The van der Waals surface area contributed by atoms with E-state index in [0.29, 0.717) is 22.7 Å². The summed E-state index contributed by atoms with van der Waals surface area (Å²) < 4.78 is 13.3.